The fourth-order valence-corrected chi connectivity index (χ4v) is 3.21. The van der Waals surface area contributed by atoms with Gasteiger partial charge in [0.25, 0.3) is 5.91 Å². The van der Waals surface area contributed by atoms with Gasteiger partial charge in [0.2, 0.25) is 5.88 Å². The molecule has 1 heterocycles. The number of rotatable bonds is 6. The summed E-state index contributed by atoms with van der Waals surface area (Å²) in [6.45, 7) is 0.135. The second kappa shape index (κ2) is 7.95. The second-order valence-corrected chi connectivity index (χ2v) is 6.50. The Morgan fingerprint density at radius 3 is 2.69 bits per heavy atom. The largest absolute Gasteiger partial charge is 0.481 e. The summed E-state index contributed by atoms with van der Waals surface area (Å²) in [6, 6.07) is 6.67. The summed E-state index contributed by atoms with van der Waals surface area (Å²) >= 11 is 0. The molecule has 1 aliphatic rings. The van der Waals surface area contributed by atoms with E-state index in [1.807, 2.05) is 0 Å². The molecule has 0 spiro atoms. The minimum atomic E-state index is -0.859. The van der Waals surface area contributed by atoms with Crippen molar-refractivity contribution in [2.24, 2.45) is 5.41 Å². The van der Waals surface area contributed by atoms with E-state index in [-0.39, 0.29) is 12.5 Å². The average molecular weight is 355 g/mol. The van der Waals surface area contributed by atoms with Gasteiger partial charge in [0, 0.05) is 24.5 Å². The molecule has 7 nitrogen and oxygen atoms in total. The predicted molar refractivity (Wildman–Crippen MR) is 94.0 cm³/mol. The van der Waals surface area contributed by atoms with Crippen LogP contribution in [0.2, 0.25) is 0 Å². The Morgan fingerprint density at radius 2 is 2.00 bits per heavy atom. The summed E-state index contributed by atoms with van der Waals surface area (Å²) in [5.41, 5.74) is -0.454. The molecule has 1 aromatic heterocycles. The maximum Gasteiger partial charge on any atom is 0.311 e. The number of benzene rings is 1. The second-order valence-electron chi connectivity index (χ2n) is 6.50. The van der Waals surface area contributed by atoms with Gasteiger partial charge in [0.1, 0.15) is 5.75 Å². The summed E-state index contributed by atoms with van der Waals surface area (Å²) < 4.78 is 5.57. The van der Waals surface area contributed by atoms with E-state index >= 15 is 0 Å². The Labute approximate surface area is 151 Å². The quantitative estimate of drug-likeness (QED) is 0.826. The van der Waals surface area contributed by atoms with Crippen LogP contribution in [-0.4, -0.2) is 33.5 Å². The van der Waals surface area contributed by atoms with Gasteiger partial charge in [-0.25, -0.2) is 4.98 Å². The molecule has 0 saturated heterocycles. The van der Waals surface area contributed by atoms with Crippen LogP contribution in [0.25, 0.3) is 0 Å². The number of ether oxygens (including phenoxy) is 1. The zero-order valence-corrected chi connectivity index (χ0v) is 14.4. The first-order valence-corrected chi connectivity index (χ1v) is 8.65. The van der Waals surface area contributed by atoms with Gasteiger partial charge >= 0.3 is 5.97 Å². The van der Waals surface area contributed by atoms with E-state index in [0.717, 1.165) is 19.3 Å². The lowest BCUT2D eigenvalue weighted by Crippen LogP contribution is -2.44. The minimum absolute atomic E-state index is 0.135. The van der Waals surface area contributed by atoms with Crippen LogP contribution in [0.5, 0.6) is 11.6 Å². The highest BCUT2D eigenvalue weighted by atomic mass is 16.5. The van der Waals surface area contributed by atoms with E-state index in [1.165, 1.54) is 12.4 Å². The van der Waals surface area contributed by atoms with Gasteiger partial charge < -0.3 is 15.2 Å². The van der Waals surface area contributed by atoms with Gasteiger partial charge in [-0.1, -0.05) is 25.3 Å². The van der Waals surface area contributed by atoms with E-state index in [4.69, 9.17) is 4.74 Å². The molecule has 1 fully saturated rings. The van der Waals surface area contributed by atoms with E-state index in [0.29, 0.717) is 30.0 Å². The Morgan fingerprint density at radius 1 is 1.19 bits per heavy atom. The highest BCUT2D eigenvalue weighted by Crippen LogP contribution is 2.36. The number of carbonyl (C=O) groups is 2. The number of aliphatic carboxylic acids is 1. The summed E-state index contributed by atoms with van der Waals surface area (Å²) in [7, 11) is 0. The van der Waals surface area contributed by atoms with Crippen molar-refractivity contribution < 1.29 is 19.4 Å². The van der Waals surface area contributed by atoms with Gasteiger partial charge in [-0.05, 0) is 31.0 Å². The maximum absolute atomic E-state index is 12.5. The Kier molecular flexibility index (Phi) is 5.46. The van der Waals surface area contributed by atoms with E-state index < -0.39 is 11.4 Å². The molecule has 7 heteroatoms. The molecule has 3 rings (SSSR count). The molecule has 1 saturated carbocycles. The van der Waals surface area contributed by atoms with Crippen LogP contribution in [0.1, 0.15) is 42.5 Å². The monoisotopic (exact) mass is 355 g/mol. The summed E-state index contributed by atoms with van der Waals surface area (Å²) in [5.74, 6) is -0.362. The van der Waals surface area contributed by atoms with Crippen molar-refractivity contribution in [2.75, 3.05) is 6.54 Å². The fraction of sp³-hybridized carbons (Fsp3) is 0.368. The van der Waals surface area contributed by atoms with Crippen LogP contribution in [0.3, 0.4) is 0 Å². The van der Waals surface area contributed by atoms with Crippen molar-refractivity contribution in [1.29, 1.82) is 0 Å². The standard InChI is InChI=1S/C19H21N3O4/c23-17(22-13-19(18(24)25)7-2-1-3-8-19)14-5-4-6-15(11-14)26-16-12-20-9-10-21-16/h4-6,9-12H,1-3,7-8,13H2,(H,22,23)(H,24,25). The lowest BCUT2D eigenvalue weighted by Gasteiger charge is -2.33. The van der Waals surface area contributed by atoms with Crippen molar-refractivity contribution in [3.63, 3.8) is 0 Å². The Hall–Kier alpha value is -2.96. The number of nitrogens with zero attached hydrogens (tertiary/aromatic N) is 2. The van der Waals surface area contributed by atoms with E-state index in [1.54, 1.807) is 30.5 Å². The highest BCUT2D eigenvalue weighted by Gasteiger charge is 2.39. The number of carboxylic acids is 1. The molecule has 1 amide bonds. The molecular formula is C19H21N3O4. The molecule has 26 heavy (non-hydrogen) atoms. The van der Waals surface area contributed by atoms with Crippen molar-refractivity contribution in [2.45, 2.75) is 32.1 Å². The molecule has 2 aromatic rings. The van der Waals surface area contributed by atoms with Gasteiger partial charge in [-0.2, -0.15) is 0 Å². The molecule has 0 aliphatic heterocycles. The van der Waals surface area contributed by atoms with Crippen LogP contribution >= 0.6 is 0 Å². The van der Waals surface area contributed by atoms with Crippen molar-refractivity contribution in [3.05, 3.63) is 48.4 Å². The molecule has 1 aliphatic carbocycles. The molecule has 136 valence electrons. The first kappa shape index (κ1) is 17.8. The molecule has 0 bridgehead atoms. The molecule has 2 N–H and O–H groups in total. The lowest BCUT2D eigenvalue weighted by molar-refractivity contribution is -0.150. The van der Waals surface area contributed by atoms with Crippen LogP contribution < -0.4 is 10.1 Å². The third kappa shape index (κ3) is 4.17. The lowest BCUT2D eigenvalue weighted by atomic mass is 9.74. The predicted octanol–water partition coefficient (Wildman–Crippen LogP) is 3.03. The maximum atomic E-state index is 12.5. The summed E-state index contributed by atoms with van der Waals surface area (Å²) in [4.78, 5) is 32.1. The van der Waals surface area contributed by atoms with Crippen molar-refractivity contribution in [1.82, 2.24) is 15.3 Å². The van der Waals surface area contributed by atoms with Gasteiger partial charge in [0.05, 0.1) is 11.6 Å². The molecule has 0 atom stereocenters. The minimum Gasteiger partial charge on any atom is -0.481 e. The van der Waals surface area contributed by atoms with Crippen molar-refractivity contribution >= 4 is 11.9 Å². The van der Waals surface area contributed by atoms with Crippen LogP contribution in [0.15, 0.2) is 42.9 Å². The Balaban J connectivity index is 1.66. The number of aromatic nitrogens is 2. The van der Waals surface area contributed by atoms with Crippen LogP contribution in [-0.2, 0) is 4.79 Å². The normalized spacial score (nSPS) is 15.8. The Bertz CT molecular complexity index is 773. The van der Waals surface area contributed by atoms with Crippen LogP contribution in [0.4, 0.5) is 0 Å². The fourth-order valence-electron chi connectivity index (χ4n) is 3.21. The SMILES string of the molecule is O=C(NCC1(C(=O)O)CCCCC1)c1cccc(Oc2cnccn2)c1. The van der Waals surface area contributed by atoms with Crippen LogP contribution in [0, 0.1) is 5.41 Å². The molecule has 0 radical (unpaired) electrons. The van der Waals surface area contributed by atoms with E-state index in [2.05, 4.69) is 15.3 Å². The zero-order chi connectivity index (χ0) is 18.4. The van der Waals surface area contributed by atoms with Gasteiger partial charge in [-0.15, -0.1) is 0 Å². The number of carbonyl (C=O) groups excluding carboxylic acids is 1. The summed E-state index contributed by atoms with van der Waals surface area (Å²) in [5, 5.41) is 12.4. The number of amides is 1. The summed E-state index contributed by atoms with van der Waals surface area (Å²) in [6.07, 6.45) is 8.53. The zero-order valence-electron chi connectivity index (χ0n) is 14.4. The average Bonchev–Trinajstić information content (AvgIpc) is 2.68. The first-order chi connectivity index (χ1) is 12.6. The van der Waals surface area contributed by atoms with E-state index in [9.17, 15) is 14.7 Å². The third-order valence-corrected chi connectivity index (χ3v) is 4.71. The molecular weight excluding hydrogens is 334 g/mol. The number of hydrogen-bond acceptors (Lipinski definition) is 5. The number of carboxylic acid groups (broad SMARTS) is 1. The smallest absolute Gasteiger partial charge is 0.311 e. The molecule has 0 unspecified atom stereocenters. The van der Waals surface area contributed by atoms with Gasteiger partial charge in [0.15, 0.2) is 0 Å². The number of hydrogen-bond donors (Lipinski definition) is 2. The topological polar surface area (TPSA) is 101 Å². The number of nitrogens with one attached hydrogen (secondary N) is 1. The highest BCUT2D eigenvalue weighted by molar-refractivity contribution is 5.95. The van der Waals surface area contributed by atoms with Gasteiger partial charge in [-0.3, -0.25) is 14.6 Å². The first-order valence-electron chi connectivity index (χ1n) is 8.65. The molecule has 1 aromatic carbocycles. The third-order valence-electron chi connectivity index (χ3n) is 4.71. The van der Waals surface area contributed by atoms with Crippen molar-refractivity contribution in [3.8, 4) is 11.6 Å².